The number of likely N-dealkylation sites (tertiary alicyclic amines) is 1. The molecular formula is C17H22N4OS. The summed E-state index contributed by atoms with van der Waals surface area (Å²) in [6, 6.07) is 2.17. The first-order valence-electron chi connectivity index (χ1n) is 8.09. The van der Waals surface area contributed by atoms with E-state index in [2.05, 4.69) is 15.3 Å². The first kappa shape index (κ1) is 15.9. The van der Waals surface area contributed by atoms with Crippen LogP contribution in [0.25, 0.3) is 0 Å². The number of carbonyl (C=O) groups excluding carboxylic acids is 1. The Morgan fingerprint density at radius 3 is 3.13 bits per heavy atom. The molecular weight excluding hydrogens is 308 g/mol. The van der Waals surface area contributed by atoms with Crippen LogP contribution in [0.5, 0.6) is 0 Å². The number of aromatic nitrogens is 2. The lowest BCUT2D eigenvalue weighted by Gasteiger charge is -2.34. The molecule has 122 valence electrons. The summed E-state index contributed by atoms with van der Waals surface area (Å²) in [6.07, 6.45) is 9.54. The Hall–Kier alpha value is -1.95. The van der Waals surface area contributed by atoms with Gasteiger partial charge >= 0.3 is 6.03 Å². The van der Waals surface area contributed by atoms with Crippen molar-refractivity contribution in [3.8, 4) is 0 Å². The molecule has 2 aromatic heterocycles. The average molecular weight is 330 g/mol. The van der Waals surface area contributed by atoms with Crippen LogP contribution in [0.3, 0.4) is 0 Å². The second kappa shape index (κ2) is 7.55. The van der Waals surface area contributed by atoms with Crippen molar-refractivity contribution in [1.29, 1.82) is 0 Å². The standard InChI is InChI=1S/C17H22N4OS/c1-13-12-18-7-5-14(13)6-8-20-17(22)21-10-3-2-4-15(21)16-19-9-11-23-16/h5,7,9,11-12,15H,2-4,6,8,10H2,1H3,(H,20,22). The van der Waals surface area contributed by atoms with Gasteiger partial charge in [-0.3, -0.25) is 4.98 Å². The largest absolute Gasteiger partial charge is 0.338 e. The van der Waals surface area contributed by atoms with Crippen LogP contribution >= 0.6 is 11.3 Å². The Labute approximate surface area is 140 Å². The molecule has 0 saturated carbocycles. The second-order valence-corrected chi connectivity index (χ2v) is 6.79. The molecule has 2 amide bonds. The SMILES string of the molecule is Cc1cnccc1CCNC(=O)N1CCCCC1c1nccs1. The maximum absolute atomic E-state index is 12.6. The number of nitrogens with zero attached hydrogens (tertiary/aromatic N) is 3. The number of pyridine rings is 1. The van der Waals surface area contributed by atoms with Gasteiger partial charge in [-0.05, 0) is 49.8 Å². The van der Waals surface area contributed by atoms with Crippen LogP contribution in [0.2, 0.25) is 0 Å². The van der Waals surface area contributed by atoms with Crippen molar-refractivity contribution in [2.45, 2.75) is 38.6 Å². The predicted molar refractivity (Wildman–Crippen MR) is 91.5 cm³/mol. The van der Waals surface area contributed by atoms with Crippen molar-refractivity contribution in [2.24, 2.45) is 0 Å². The third-order valence-electron chi connectivity index (χ3n) is 4.31. The molecule has 0 bridgehead atoms. The van der Waals surface area contributed by atoms with E-state index in [1.807, 2.05) is 35.7 Å². The molecule has 1 N–H and O–H groups in total. The molecule has 1 saturated heterocycles. The third kappa shape index (κ3) is 3.88. The maximum atomic E-state index is 12.6. The highest BCUT2D eigenvalue weighted by atomic mass is 32.1. The fraction of sp³-hybridized carbons (Fsp3) is 0.471. The first-order chi connectivity index (χ1) is 11.3. The van der Waals surface area contributed by atoms with Crippen LogP contribution in [0.15, 0.2) is 30.0 Å². The zero-order chi connectivity index (χ0) is 16.1. The molecule has 0 radical (unpaired) electrons. The normalized spacial score (nSPS) is 18.0. The summed E-state index contributed by atoms with van der Waals surface area (Å²) in [5.74, 6) is 0. The predicted octanol–water partition coefficient (Wildman–Crippen LogP) is 3.33. The number of hydrogen-bond donors (Lipinski definition) is 1. The van der Waals surface area contributed by atoms with Gasteiger partial charge in [0.15, 0.2) is 0 Å². The average Bonchev–Trinajstić information content (AvgIpc) is 3.11. The Morgan fingerprint density at radius 2 is 2.35 bits per heavy atom. The van der Waals surface area contributed by atoms with Gasteiger partial charge in [0.05, 0.1) is 6.04 Å². The van der Waals surface area contributed by atoms with Crippen LogP contribution in [-0.4, -0.2) is 34.0 Å². The van der Waals surface area contributed by atoms with E-state index in [0.717, 1.165) is 37.2 Å². The van der Waals surface area contributed by atoms with Crippen LogP contribution in [0.4, 0.5) is 4.79 Å². The van der Waals surface area contributed by atoms with E-state index in [9.17, 15) is 4.79 Å². The number of rotatable bonds is 4. The van der Waals surface area contributed by atoms with E-state index in [4.69, 9.17) is 0 Å². The molecule has 1 aliphatic heterocycles. The molecule has 0 spiro atoms. The zero-order valence-corrected chi connectivity index (χ0v) is 14.2. The van der Waals surface area contributed by atoms with E-state index in [0.29, 0.717) is 6.54 Å². The number of nitrogens with one attached hydrogen (secondary N) is 1. The smallest absolute Gasteiger partial charge is 0.318 e. The van der Waals surface area contributed by atoms with Crippen LogP contribution < -0.4 is 5.32 Å². The number of aryl methyl sites for hydroxylation is 1. The summed E-state index contributed by atoms with van der Waals surface area (Å²) in [7, 11) is 0. The molecule has 3 rings (SSSR count). The molecule has 1 fully saturated rings. The highest BCUT2D eigenvalue weighted by Crippen LogP contribution is 2.31. The van der Waals surface area contributed by atoms with Gasteiger partial charge < -0.3 is 10.2 Å². The van der Waals surface area contributed by atoms with E-state index in [-0.39, 0.29) is 12.1 Å². The summed E-state index contributed by atoms with van der Waals surface area (Å²) < 4.78 is 0. The summed E-state index contributed by atoms with van der Waals surface area (Å²) in [5, 5.41) is 6.09. The molecule has 3 heterocycles. The molecule has 1 unspecified atom stereocenters. The van der Waals surface area contributed by atoms with Crippen LogP contribution in [0.1, 0.15) is 41.4 Å². The Kier molecular flexibility index (Phi) is 5.23. The maximum Gasteiger partial charge on any atom is 0.318 e. The minimum atomic E-state index is 0.0246. The first-order valence-corrected chi connectivity index (χ1v) is 8.97. The van der Waals surface area contributed by atoms with Gasteiger partial charge in [0.25, 0.3) is 0 Å². The third-order valence-corrected chi connectivity index (χ3v) is 5.18. The number of amides is 2. The number of hydrogen-bond acceptors (Lipinski definition) is 4. The Morgan fingerprint density at radius 1 is 1.43 bits per heavy atom. The summed E-state index contributed by atoms with van der Waals surface area (Å²) >= 11 is 1.63. The van der Waals surface area contributed by atoms with Crippen molar-refractivity contribution in [1.82, 2.24) is 20.2 Å². The van der Waals surface area contributed by atoms with Gasteiger partial charge in [-0.25, -0.2) is 9.78 Å². The van der Waals surface area contributed by atoms with Gasteiger partial charge in [-0.2, -0.15) is 0 Å². The van der Waals surface area contributed by atoms with Crippen molar-refractivity contribution in [3.05, 3.63) is 46.2 Å². The number of thiazole rings is 1. The quantitative estimate of drug-likeness (QED) is 0.935. The lowest BCUT2D eigenvalue weighted by atomic mass is 10.0. The number of piperidine rings is 1. The Bertz CT molecular complexity index is 644. The van der Waals surface area contributed by atoms with Gasteiger partial charge in [-0.15, -0.1) is 11.3 Å². The van der Waals surface area contributed by atoms with E-state index >= 15 is 0 Å². The van der Waals surface area contributed by atoms with E-state index < -0.39 is 0 Å². The van der Waals surface area contributed by atoms with Crippen molar-refractivity contribution in [2.75, 3.05) is 13.1 Å². The zero-order valence-electron chi connectivity index (χ0n) is 13.4. The van der Waals surface area contributed by atoms with Crippen LogP contribution in [0, 0.1) is 6.92 Å². The fourth-order valence-electron chi connectivity index (χ4n) is 3.02. The van der Waals surface area contributed by atoms with Gasteiger partial charge in [0.1, 0.15) is 5.01 Å². The van der Waals surface area contributed by atoms with Crippen molar-refractivity contribution < 1.29 is 4.79 Å². The Balaban J connectivity index is 1.57. The molecule has 2 aromatic rings. The van der Waals surface area contributed by atoms with E-state index in [1.54, 1.807) is 17.5 Å². The molecule has 1 atom stereocenters. The van der Waals surface area contributed by atoms with E-state index in [1.165, 1.54) is 11.1 Å². The molecule has 5 nitrogen and oxygen atoms in total. The van der Waals surface area contributed by atoms with Crippen molar-refractivity contribution in [3.63, 3.8) is 0 Å². The molecule has 1 aliphatic rings. The highest BCUT2D eigenvalue weighted by Gasteiger charge is 2.29. The lowest BCUT2D eigenvalue weighted by Crippen LogP contribution is -2.45. The second-order valence-electron chi connectivity index (χ2n) is 5.86. The molecule has 6 heteroatoms. The molecule has 23 heavy (non-hydrogen) atoms. The fourth-order valence-corrected chi connectivity index (χ4v) is 3.80. The number of carbonyl (C=O) groups is 1. The molecule has 0 aliphatic carbocycles. The minimum Gasteiger partial charge on any atom is -0.338 e. The van der Waals surface area contributed by atoms with Crippen molar-refractivity contribution >= 4 is 17.4 Å². The summed E-state index contributed by atoms with van der Waals surface area (Å²) in [5.41, 5.74) is 2.40. The minimum absolute atomic E-state index is 0.0246. The monoisotopic (exact) mass is 330 g/mol. The van der Waals surface area contributed by atoms with Gasteiger partial charge in [0.2, 0.25) is 0 Å². The summed E-state index contributed by atoms with van der Waals surface area (Å²) in [4.78, 5) is 23.0. The lowest BCUT2D eigenvalue weighted by molar-refractivity contribution is 0.151. The molecule has 0 aromatic carbocycles. The number of urea groups is 1. The van der Waals surface area contributed by atoms with Gasteiger partial charge in [0, 0.05) is 37.1 Å². The van der Waals surface area contributed by atoms with Gasteiger partial charge in [-0.1, -0.05) is 0 Å². The highest BCUT2D eigenvalue weighted by molar-refractivity contribution is 7.09. The summed E-state index contributed by atoms with van der Waals surface area (Å²) in [6.45, 7) is 3.50. The van der Waals surface area contributed by atoms with Crippen LogP contribution in [-0.2, 0) is 6.42 Å². The topological polar surface area (TPSA) is 58.1 Å².